The van der Waals surface area contributed by atoms with Crippen molar-refractivity contribution < 1.29 is 9.59 Å². The van der Waals surface area contributed by atoms with Gasteiger partial charge in [0.2, 0.25) is 11.8 Å². The molecule has 2 amide bonds. The average Bonchev–Trinajstić information content (AvgIpc) is 2.45. The molecule has 1 unspecified atom stereocenters. The van der Waals surface area contributed by atoms with Crippen LogP contribution in [-0.4, -0.2) is 72.3 Å². The minimum atomic E-state index is 0.156. The van der Waals surface area contributed by atoms with Crippen molar-refractivity contribution in [3.63, 3.8) is 0 Å². The van der Waals surface area contributed by atoms with Crippen molar-refractivity contribution in [3.8, 4) is 0 Å². The van der Waals surface area contributed by atoms with Gasteiger partial charge in [0.05, 0.1) is 0 Å². The highest BCUT2D eigenvalue weighted by Gasteiger charge is 2.23. The van der Waals surface area contributed by atoms with Crippen LogP contribution in [0.5, 0.6) is 0 Å². The molecule has 0 bridgehead atoms. The number of likely N-dealkylation sites (tertiary alicyclic amines) is 1. The Balaban J connectivity index is 1.68. The van der Waals surface area contributed by atoms with E-state index in [0.717, 1.165) is 52.2 Å². The number of piperidine rings is 1. The second kappa shape index (κ2) is 7.07. The zero-order chi connectivity index (χ0) is 14.5. The maximum atomic E-state index is 12.2. The Morgan fingerprint density at radius 2 is 1.75 bits per heavy atom. The Labute approximate surface area is 121 Å². The molecule has 1 atom stereocenters. The molecule has 2 fully saturated rings. The van der Waals surface area contributed by atoms with Crippen LogP contribution in [0.15, 0.2) is 0 Å². The lowest BCUT2D eigenvalue weighted by Crippen LogP contribution is -2.49. The van der Waals surface area contributed by atoms with Gasteiger partial charge in [-0.2, -0.15) is 0 Å². The monoisotopic (exact) mass is 281 g/mol. The van der Waals surface area contributed by atoms with Crippen molar-refractivity contribution in [3.05, 3.63) is 0 Å². The van der Waals surface area contributed by atoms with E-state index in [1.807, 2.05) is 9.80 Å². The van der Waals surface area contributed by atoms with Gasteiger partial charge in [0.1, 0.15) is 0 Å². The van der Waals surface area contributed by atoms with Gasteiger partial charge < -0.3 is 9.80 Å². The van der Waals surface area contributed by atoms with Gasteiger partial charge in [-0.15, -0.1) is 0 Å². The summed E-state index contributed by atoms with van der Waals surface area (Å²) in [5.41, 5.74) is 0. The highest BCUT2D eigenvalue weighted by Crippen LogP contribution is 2.16. The largest absolute Gasteiger partial charge is 0.342 e. The van der Waals surface area contributed by atoms with Crippen molar-refractivity contribution in [1.82, 2.24) is 14.7 Å². The average molecular weight is 281 g/mol. The molecule has 2 saturated heterocycles. The SMILES string of the molecule is CC(=O)N1CCN(CCC(=O)N2CCCC(C)C2)CC1. The summed E-state index contributed by atoms with van der Waals surface area (Å²) in [6.07, 6.45) is 3.01. The number of carbonyl (C=O) groups excluding carboxylic acids is 2. The molecule has 0 saturated carbocycles. The fourth-order valence-electron chi connectivity index (χ4n) is 3.11. The van der Waals surface area contributed by atoms with E-state index in [4.69, 9.17) is 0 Å². The van der Waals surface area contributed by atoms with Crippen molar-refractivity contribution >= 4 is 11.8 Å². The lowest BCUT2D eigenvalue weighted by Gasteiger charge is -2.35. The molecule has 2 aliphatic rings. The van der Waals surface area contributed by atoms with Crippen LogP contribution < -0.4 is 0 Å². The second-order valence-electron chi connectivity index (χ2n) is 6.18. The van der Waals surface area contributed by atoms with Gasteiger partial charge in [0, 0.05) is 59.2 Å². The summed E-state index contributed by atoms with van der Waals surface area (Å²) >= 11 is 0. The van der Waals surface area contributed by atoms with E-state index in [1.165, 1.54) is 6.42 Å². The van der Waals surface area contributed by atoms with E-state index in [2.05, 4.69) is 11.8 Å². The lowest BCUT2D eigenvalue weighted by atomic mass is 10.00. The summed E-state index contributed by atoms with van der Waals surface area (Å²) in [6, 6.07) is 0. The number of hydrogen-bond donors (Lipinski definition) is 0. The van der Waals surface area contributed by atoms with E-state index >= 15 is 0 Å². The fraction of sp³-hybridized carbons (Fsp3) is 0.867. The van der Waals surface area contributed by atoms with E-state index < -0.39 is 0 Å². The van der Waals surface area contributed by atoms with Crippen LogP contribution in [0.25, 0.3) is 0 Å². The third-order valence-electron chi connectivity index (χ3n) is 4.47. The Bertz CT molecular complexity index is 351. The van der Waals surface area contributed by atoms with Crippen LogP contribution >= 0.6 is 0 Å². The topological polar surface area (TPSA) is 43.9 Å². The Morgan fingerprint density at radius 3 is 2.35 bits per heavy atom. The third kappa shape index (κ3) is 4.20. The first kappa shape index (κ1) is 15.3. The maximum absolute atomic E-state index is 12.2. The molecule has 0 aromatic carbocycles. The first-order valence-electron chi connectivity index (χ1n) is 7.82. The predicted molar refractivity (Wildman–Crippen MR) is 78.3 cm³/mol. The summed E-state index contributed by atoms with van der Waals surface area (Å²) in [6.45, 7) is 9.91. The van der Waals surface area contributed by atoms with Gasteiger partial charge in [-0.1, -0.05) is 6.92 Å². The number of amides is 2. The highest BCUT2D eigenvalue weighted by molar-refractivity contribution is 5.76. The summed E-state index contributed by atoms with van der Waals surface area (Å²) in [5, 5.41) is 0. The Hall–Kier alpha value is -1.10. The Morgan fingerprint density at radius 1 is 1.05 bits per heavy atom. The molecule has 2 rings (SSSR count). The quantitative estimate of drug-likeness (QED) is 0.768. The lowest BCUT2D eigenvalue weighted by molar-refractivity contribution is -0.134. The highest BCUT2D eigenvalue weighted by atomic mass is 16.2. The zero-order valence-electron chi connectivity index (χ0n) is 12.8. The smallest absolute Gasteiger partial charge is 0.223 e. The molecule has 114 valence electrons. The molecule has 0 N–H and O–H groups in total. The molecular formula is C15H27N3O2. The summed E-state index contributed by atoms with van der Waals surface area (Å²) in [5.74, 6) is 1.10. The van der Waals surface area contributed by atoms with Gasteiger partial charge >= 0.3 is 0 Å². The number of carbonyl (C=O) groups is 2. The Kier molecular flexibility index (Phi) is 5.40. The molecule has 0 aromatic heterocycles. The number of rotatable bonds is 3. The van der Waals surface area contributed by atoms with Crippen molar-refractivity contribution in [2.75, 3.05) is 45.8 Å². The van der Waals surface area contributed by atoms with E-state index in [0.29, 0.717) is 18.2 Å². The number of nitrogens with zero attached hydrogens (tertiary/aromatic N) is 3. The fourth-order valence-corrected chi connectivity index (χ4v) is 3.11. The minimum absolute atomic E-state index is 0.156. The van der Waals surface area contributed by atoms with Crippen LogP contribution in [0.3, 0.4) is 0 Å². The number of piperazine rings is 1. The molecule has 20 heavy (non-hydrogen) atoms. The van der Waals surface area contributed by atoms with Crippen molar-refractivity contribution in [2.24, 2.45) is 5.92 Å². The molecule has 0 aliphatic carbocycles. The molecule has 5 heteroatoms. The zero-order valence-corrected chi connectivity index (χ0v) is 12.8. The third-order valence-corrected chi connectivity index (χ3v) is 4.47. The summed E-state index contributed by atoms with van der Waals surface area (Å²) in [4.78, 5) is 29.7. The van der Waals surface area contributed by atoms with Crippen LogP contribution in [0.4, 0.5) is 0 Å². The summed E-state index contributed by atoms with van der Waals surface area (Å²) < 4.78 is 0. The maximum Gasteiger partial charge on any atom is 0.223 e. The van der Waals surface area contributed by atoms with Gasteiger partial charge in [0.15, 0.2) is 0 Å². The van der Waals surface area contributed by atoms with E-state index in [-0.39, 0.29) is 5.91 Å². The first-order chi connectivity index (χ1) is 9.56. The molecular weight excluding hydrogens is 254 g/mol. The van der Waals surface area contributed by atoms with Crippen molar-refractivity contribution in [1.29, 1.82) is 0 Å². The number of hydrogen-bond acceptors (Lipinski definition) is 3. The minimum Gasteiger partial charge on any atom is -0.342 e. The predicted octanol–water partition coefficient (Wildman–Crippen LogP) is 0.799. The summed E-state index contributed by atoms with van der Waals surface area (Å²) in [7, 11) is 0. The molecule has 0 spiro atoms. The van der Waals surface area contributed by atoms with Gasteiger partial charge in [-0.3, -0.25) is 14.5 Å². The molecule has 0 radical (unpaired) electrons. The molecule has 2 heterocycles. The second-order valence-corrected chi connectivity index (χ2v) is 6.18. The van der Waals surface area contributed by atoms with Crippen molar-refractivity contribution in [2.45, 2.75) is 33.1 Å². The van der Waals surface area contributed by atoms with E-state index in [1.54, 1.807) is 6.92 Å². The van der Waals surface area contributed by atoms with Crippen LogP contribution in [0.1, 0.15) is 33.1 Å². The van der Waals surface area contributed by atoms with Crippen LogP contribution in [-0.2, 0) is 9.59 Å². The normalized spacial score (nSPS) is 24.8. The van der Waals surface area contributed by atoms with Crippen LogP contribution in [0, 0.1) is 5.92 Å². The first-order valence-corrected chi connectivity index (χ1v) is 7.82. The molecule has 5 nitrogen and oxygen atoms in total. The van der Waals surface area contributed by atoms with Gasteiger partial charge in [-0.05, 0) is 18.8 Å². The van der Waals surface area contributed by atoms with Crippen LogP contribution in [0.2, 0.25) is 0 Å². The molecule has 2 aliphatic heterocycles. The standard InChI is InChI=1S/C15H27N3O2/c1-13-4-3-6-18(12-13)15(20)5-7-16-8-10-17(11-9-16)14(2)19/h13H,3-12H2,1-2H3. The van der Waals surface area contributed by atoms with E-state index in [9.17, 15) is 9.59 Å². The van der Waals surface area contributed by atoms with Gasteiger partial charge in [0.25, 0.3) is 0 Å². The van der Waals surface area contributed by atoms with Gasteiger partial charge in [-0.25, -0.2) is 0 Å². The molecule has 0 aromatic rings.